The molecule has 0 atom stereocenters. The summed E-state index contributed by atoms with van der Waals surface area (Å²) in [5, 5.41) is 10.8. The summed E-state index contributed by atoms with van der Waals surface area (Å²) in [6, 6.07) is 4.58. The molecule has 0 saturated carbocycles. The topological polar surface area (TPSA) is 78.7 Å². The fraction of sp³-hybridized carbons (Fsp3) is 0.364. The second-order valence-electron chi connectivity index (χ2n) is 3.37. The van der Waals surface area contributed by atoms with Gasteiger partial charge in [-0.05, 0) is 28.4 Å². The lowest BCUT2D eigenvalue weighted by molar-refractivity contribution is -0.386. The molecule has 1 rings (SSSR count). The number of methoxy groups -OCH3 is 1. The van der Waals surface area contributed by atoms with Crippen molar-refractivity contribution in [3.8, 4) is 5.75 Å². The van der Waals surface area contributed by atoms with Crippen molar-refractivity contribution in [1.82, 2.24) is 0 Å². The minimum Gasteiger partial charge on any atom is -0.486 e. The Bertz CT molecular complexity index is 449. The first-order valence-electron chi connectivity index (χ1n) is 5.18. The summed E-state index contributed by atoms with van der Waals surface area (Å²) in [6.45, 7) is 0.207. The summed E-state index contributed by atoms with van der Waals surface area (Å²) in [6.07, 6.45) is 0.653. The second kappa shape index (κ2) is 6.95. The fourth-order valence-corrected chi connectivity index (χ4v) is 1.75. The van der Waals surface area contributed by atoms with Crippen LogP contribution in [-0.4, -0.2) is 24.6 Å². The third-order valence-corrected chi connectivity index (χ3v) is 2.77. The minimum absolute atomic E-state index is 0.109. The second-order valence-corrected chi connectivity index (χ2v) is 4.23. The van der Waals surface area contributed by atoms with Crippen LogP contribution in [0.15, 0.2) is 22.7 Å². The zero-order valence-electron chi connectivity index (χ0n) is 9.72. The van der Waals surface area contributed by atoms with Gasteiger partial charge in [-0.1, -0.05) is 6.07 Å². The van der Waals surface area contributed by atoms with Gasteiger partial charge in [0.2, 0.25) is 5.75 Å². The van der Waals surface area contributed by atoms with E-state index in [9.17, 15) is 14.9 Å². The lowest BCUT2D eigenvalue weighted by Crippen LogP contribution is -2.05. The van der Waals surface area contributed by atoms with Crippen molar-refractivity contribution in [2.75, 3.05) is 13.7 Å². The zero-order valence-corrected chi connectivity index (χ0v) is 11.3. The van der Waals surface area contributed by atoms with Gasteiger partial charge in [-0.25, -0.2) is 0 Å². The SMILES string of the molecule is COC(=O)CCCOc1c(Br)cccc1[N+](=O)[O-]. The van der Waals surface area contributed by atoms with Crippen LogP contribution in [0.3, 0.4) is 0 Å². The van der Waals surface area contributed by atoms with Crippen molar-refractivity contribution in [2.45, 2.75) is 12.8 Å². The highest BCUT2D eigenvalue weighted by Crippen LogP contribution is 2.34. The summed E-state index contributed by atoms with van der Waals surface area (Å²) in [7, 11) is 1.31. The summed E-state index contributed by atoms with van der Waals surface area (Å²) in [5.74, 6) is -0.160. The summed E-state index contributed by atoms with van der Waals surface area (Å²) in [5.41, 5.74) is -0.109. The maximum Gasteiger partial charge on any atom is 0.312 e. The molecule has 0 saturated heterocycles. The lowest BCUT2D eigenvalue weighted by Gasteiger charge is -2.07. The monoisotopic (exact) mass is 317 g/mol. The Hall–Kier alpha value is -1.63. The number of nitro groups is 1. The third kappa shape index (κ3) is 3.99. The summed E-state index contributed by atoms with van der Waals surface area (Å²) >= 11 is 3.19. The Morgan fingerprint density at radius 1 is 1.50 bits per heavy atom. The van der Waals surface area contributed by atoms with E-state index < -0.39 is 4.92 Å². The minimum atomic E-state index is -0.513. The molecule has 0 unspecified atom stereocenters. The molecule has 7 heteroatoms. The van der Waals surface area contributed by atoms with E-state index in [-0.39, 0.29) is 30.4 Å². The van der Waals surface area contributed by atoms with Gasteiger partial charge in [0.25, 0.3) is 0 Å². The van der Waals surface area contributed by atoms with Crippen LogP contribution in [0.1, 0.15) is 12.8 Å². The number of para-hydroxylation sites is 1. The molecule has 6 nitrogen and oxygen atoms in total. The Morgan fingerprint density at radius 3 is 2.83 bits per heavy atom. The van der Waals surface area contributed by atoms with Crippen LogP contribution in [0.4, 0.5) is 5.69 Å². The standard InChI is InChI=1S/C11H12BrNO5/c1-17-10(14)6-3-7-18-11-8(12)4-2-5-9(11)13(15)16/h2,4-5H,3,6-7H2,1H3. The van der Waals surface area contributed by atoms with Gasteiger partial charge in [0.15, 0.2) is 0 Å². The van der Waals surface area contributed by atoms with Crippen molar-refractivity contribution in [1.29, 1.82) is 0 Å². The van der Waals surface area contributed by atoms with Crippen molar-refractivity contribution in [3.05, 3.63) is 32.8 Å². The van der Waals surface area contributed by atoms with Gasteiger partial charge >= 0.3 is 11.7 Å². The average molecular weight is 318 g/mol. The highest BCUT2D eigenvalue weighted by Gasteiger charge is 2.17. The van der Waals surface area contributed by atoms with E-state index in [1.54, 1.807) is 12.1 Å². The smallest absolute Gasteiger partial charge is 0.312 e. The predicted octanol–water partition coefficient (Wildman–Crippen LogP) is 2.69. The molecule has 1 aromatic carbocycles. The average Bonchev–Trinajstić information content (AvgIpc) is 2.35. The molecule has 1 aromatic rings. The Morgan fingerprint density at radius 2 is 2.22 bits per heavy atom. The van der Waals surface area contributed by atoms with Gasteiger partial charge in [0.1, 0.15) is 0 Å². The van der Waals surface area contributed by atoms with Gasteiger partial charge in [0, 0.05) is 12.5 Å². The van der Waals surface area contributed by atoms with Crippen LogP contribution >= 0.6 is 15.9 Å². The number of hydrogen-bond acceptors (Lipinski definition) is 5. The first-order valence-corrected chi connectivity index (χ1v) is 5.98. The zero-order chi connectivity index (χ0) is 13.5. The van der Waals surface area contributed by atoms with Gasteiger partial charge in [0.05, 0.1) is 23.1 Å². The predicted molar refractivity (Wildman–Crippen MR) is 67.5 cm³/mol. The molecule has 0 aliphatic heterocycles. The van der Waals surface area contributed by atoms with E-state index in [1.165, 1.54) is 13.2 Å². The van der Waals surface area contributed by atoms with Crippen LogP contribution in [-0.2, 0) is 9.53 Å². The third-order valence-electron chi connectivity index (χ3n) is 2.14. The number of ether oxygens (including phenoxy) is 2. The normalized spacial score (nSPS) is 9.89. The molecule has 0 spiro atoms. The number of esters is 1. The van der Waals surface area contributed by atoms with Gasteiger partial charge < -0.3 is 9.47 Å². The van der Waals surface area contributed by atoms with Gasteiger partial charge in [-0.3, -0.25) is 14.9 Å². The molecule has 0 fully saturated rings. The van der Waals surface area contributed by atoms with E-state index in [1.807, 2.05) is 0 Å². The number of rotatable bonds is 6. The van der Waals surface area contributed by atoms with Gasteiger partial charge in [-0.15, -0.1) is 0 Å². The Kier molecular flexibility index (Phi) is 5.57. The van der Waals surface area contributed by atoms with Crippen molar-refractivity contribution in [2.24, 2.45) is 0 Å². The molecule has 18 heavy (non-hydrogen) atoms. The quantitative estimate of drug-likeness (QED) is 0.349. The molecule has 0 bridgehead atoms. The van der Waals surface area contributed by atoms with E-state index in [0.29, 0.717) is 10.9 Å². The number of halogens is 1. The number of carbonyl (C=O) groups is 1. The van der Waals surface area contributed by atoms with E-state index >= 15 is 0 Å². The van der Waals surface area contributed by atoms with Crippen LogP contribution in [0.5, 0.6) is 5.75 Å². The molecule has 0 aliphatic rings. The molecule has 0 amide bonds. The van der Waals surface area contributed by atoms with Crippen molar-refractivity contribution < 1.29 is 19.2 Å². The van der Waals surface area contributed by atoms with Crippen LogP contribution in [0.25, 0.3) is 0 Å². The number of carbonyl (C=O) groups excluding carboxylic acids is 1. The summed E-state index contributed by atoms with van der Waals surface area (Å²) in [4.78, 5) is 21.1. The maximum absolute atomic E-state index is 10.9. The largest absolute Gasteiger partial charge is 0.486 e. The first-order chi connectivity index (χ1) is 8.56. The van der Waals surface area contributed by atoms with Crippen molar-refractivity contribution >= 4 is 27.6 Å². The van der Waals surface area contributed by atoms with Crippen LogP contribution in [0, 0.1) is 10.1 Å². The highest BCUT2D eigenvalue weighted by atomic mass is 79.9. The van der Waals surface area contributed by atoms with E-state index in [4.69, 9.17) is 4.74 Å². The molecular weight excluding hydrogens is 306 g/mol. The number of hydrogen-bond donors (Lipinski definition) is 0. The number of nitro benzene ring substituents is 1. The molecule has 0 aromatic heterocycles. The van der Waals surface area contributed by atoms with Gasteiger partial charge in [-0.2, -0.15) is 0 Å². The molecule has 98 valence electrons. The maximum atomic E-state index is 10.9. The Labute approximate surface area is 112 Å². The number of benzene rings is 1. The van der Waals surface area contributed by atoms with E-state index in [0.717, 1.165) is 0 Å². The molecule has 0 aliphatic carbocycles. The van der Waals surface area contributed by atoms with E-state index in [2.05, 4.69) is 20.7 Å². The Balaban J connectivity index is 2.61. The van der Waals surface area contributed by atoms with Crippen LogP contribution in [0.2, 0.25) is 0 Å². The first kappa shape index (κ1) is 14.4. The highest BCUT2D eigenvalue weighted by molar-refractivity contribution is 9.10. The van der Waals surface area contributed by atoms with Crippen molar-refractivity contribution in [3.63, 3.8) is 0 Å². The van der Waals surface area contributed by atoms with Crippen LogP contribution < -0.4 is 4.74 Å². The number of nitrogens with zero attached hydrogens (tertiary/aromatic N) is 1. The molecule has 0 heterocycles. The lowest BCUT2D eigenvalue weighted by atomic mass is 10.3. The molecular formula is C11H12BrNO5. The molecule has 0 N–H and O–H groups in total. The summed E-state index contributed by atoms with van der Waals surface area (Å²) < 4.78 is 10.3. The fourth-order valence-electron chi connectivity index (χ4n) is 1.28. The molecule has 0 radical (unpaired) electrons.